The predicted octanol–water partition coefficient (Wildman–Crippen LogP) is 4.17. The standard InChI is InChI=1S/C19H13BrO5/c1-24-18-10-14(20)11(9-16(18)22)6-7-15(21)13-8-12-4-2-3-5-17(12)25-19(13)23/h2-10,22H,1H3/b7-6+. The van der Waals surface area contributed by atoms with Gasteiger partial charge in [-0.1, -0.05) is 34.1 Å². The zero-order valence-corrected chi connectivity index (χ0v) is 14.7. The molecule has 2 aromatic carbocycles. The van der Waals surface area contributed by atoms with Crippen LogP contribution in [0, 0.1) is 0 Å². The molecule has 0 spiro atoms. The van der Waals surface area contributed by atoms with Crippen LogP contribution in [-0.2, 0) is 0 Å². The summed E-state index contributed by atoms with van der Waals surface area (Å²) in [6.45, 7) is 0. The van der Waals surface area contributed by atoms with Crippen LogP contribution >= 0.6 is 15.9 Å². The Morgan fingerprint density at radius 3 is 2.76 bits per heavy atom. The molecule has 0 atom stereocenters. The number of phenols is 1. The normalized spacial score (nSPS) is 11.1. The third-order valence-electron chi connectivity index (χ3n) is 3.62. The van der Waals surface area contributed by atoms with Gasteiger partial charge in [-0.3, -0.25) is 4.79 Å². The summed E-state index contributed by atoms with van der Waals surface area (Å²) < 4.78 is 10.8. The van der Waals surface area contributed by atoms with Crippen molar-refractivity contribution in [2.75, 3.05) is 7.11 Å². The number of phenolic OH excluding ortho intramolecular Hbond substituents is 1. The van der Waals surface area contributed by atoms with Crippen molar-refractivity contribution in [2.24, 2.45) is 0 Å². The van der Waals surface area contributed by atoms with Crippen LogP contribution in [0.2, 0.25) is 0 Å². The Balaban J connectivity index is 1.95. The third kappa shape index (κ3) is 3.49. The van der Waals surface area contributed by atoms with Crippen molar-refractivity contribution in [3.8, 4) is 11.5 Å². The highest BCUT2D eigenvalue weighted by Crippen LogP contribution is 2.33. The maximum absolute atomic E-state index is 12.4. The summed E-state index contributed by atoms with van der Waals surface area (Å²) in [7, 11) is 1.44. The second kappa shape index (κ2) is 6.94. The first-order valence-corrected chi connectivity index (χ1v) is 8.10. The molecular formula is C19H13BrO5. The highest BCUT2D eigenvalue weighted by Gasteiger charge is 2.12. The lowest BCUT2D eigenvalue weighted by atomic mass is 10.1. The van der Waals surface area contributed by atoms with Crippen molar-refractivity contribution in [3.05, 3.63) is 74.6 Å². The van der Waals surface area contributed by atoms with E-state index in [-0.39, 0.29) is 11.3 Å². The van der Waals surface area contributed by atoms with E-state index in [1.165, 1.54) is 31.4 Å². The molecule has 25 heavy (non-hydrogen) atoms. The molecule has 6 heteroatoms. The number of ether oxygens (including phenoxy) is 1. The molecule has 0 amide bonds. The lowest BCUT2D eigenvalue weighted by Crippen LogP contribution is -2.11. The van der Waals surface area contributed by atoms with Gasteiger partial charge in [-0.05, 0) is 42.0 Å². The molecule has 3 rings (SSSR count). The molecule has 3 aromatic rings. The monoisotopic (exact) mass is 400 g/mol. The van der Waals surface area contributed by atoms with Crippen LogP contribution in [0.4, 0.5) is 0 Å². The number of halogens is 1. The van der Waals surface area contributed by atoms with Crippen molar-refractivity contribution in [3.63, 3.8) is 0 Å². The van der Waals surface area contributed by atoms with Gasteiger partial charge >= 0.3 is 5.63 Å². The van der Waals surface area contributed by atoms with Gasteiger partial charge in [0.05, 0.1) is 7.11 Å². The number of allylic oxidation sites excluding steroid dienone is 1. The molecule has 0 aliphatic rings. The summed E-state index contributed by atoms with van der Waals surface area (Å²) in [6, 6.07) is 11.5. The van der Waals surface area contributed by atoms with Crippen molar-refractivity contribution < 1.29 is 19.1 Å². The zero-order chi connectivity index (χ0) is 18.0. The van der Waals surface area contributed by atoms with Gasteiger partial charge in [-0.15, -0.1) is 0 Å². The van der Waals surface area contributed by atoms with Gasteiger partial charge < -0.3 is 14.3 Å². The molecule has 126 valence electrons. The smallest absolute Gasteiger partial charge is 0.347 e. The minimum Gasteiger partial charge on any atom is -0.504 e. The molecule has 0 radical (unpaired) electrons. The Bertz CT molecular complexity index is 1050. The summed E-state index contributed by atoms with van der Waals surface area (Å²) in [5, 5.41) is 10.5. The zero-order valence-electron chi connectivity index (χ0n) is 13.2. The molecule has 0 bridgehead atoms. The highest BCUT2D eigenvalue weighted by atomic mass is 79.9. The molecule has 0 aliphatic heterocycles. The largest absolute Gasteiger partial charge is 0.504 e. The van der Waals surface area contributed by atoms with Crippen LogP contribution in [-0.4, -0.2) is 18.0 Å². The Kier molecular flexibility index (Phi) is 4.72. The van der Waals surface area contributed by atoms with E-state index in [9.17, 15) is 14.7 Å². The van der Waals surface area contributed by atoms with Gasteiger partial charge in [0.1, 0.15) is 11.1 Å². The minimum absolute atomic E-state index is 0.0520. The first-order chi connectivity index (χ1) is 12.0. The Morgan fingerprint density at radius 1 is 1.24 bits per heavy atom. The van der Waals surface area contributed by atoms with Crippen molar-refractivity contribution in [1.29, 1.82) is 0 Å². The Labute approximate surface area is 151 Å². The maximum atomic E-state index is 12.4. The topological polar surface area (TPSA) is 76.7 Å². The van der Waals surface area contributed by atoms with Crippen molar-refractivity contribution >= 4 is 38.8 Å². The average Bonchev–Trinajstić information content (AvgIpc) is 2.61. The fourth-order valence-electron chi connectivity index (χ4n) is 2.34. The number of fused-ring (bicyclic) bond motifs is 1. The van der Waals surface area contributed by atoms with Crippen LogP contribution in [0.3, 0.4) is 0 Å². The number of carbonyl (C=O) groups excluding carboxylic acids is 1. The van der Waals surface area contributed by atoms with E-state index >= 15 is 0 Å². The second-order valence-corrected chi connectivity index (χ2v) is 6.08. The first-order valence-electron chi connectivity index (χ1n) is 7.31. The van der Waals surface area contributed by atoms with E-state index < -0.39 is 11.4 Å². The van der Waals surface area contributed by atoms with Crippen LogP contribution in [0.5, 0.6) is 11.5 Å². The van der Waals surface area contributed by atoms with E-state index in [2.05, 4.69) is 15.9 Å². The highest BCUT2D eigenvalue weighted by molar-refractivity contribution is 9.10. The van der Waals surface area contributed by atoms with E-state index in [0.29, 0.717) is 26.8 Å². The summed E-state index contributed by atoms with van der Waals surface area (Å²) in [6.07, 6.45) is 2.76. The van der Waals surface area contributed by atoms with E-state index in [4.69, 9.17) is 9.15 Å². The van der Waals surface area contributed by atoms with E-state index in [1.54, 1.807) is 30.3 Å². The number of carbonyl (C=O) groups is 1. The molecule has 1 heterocycles. The van der Waals surface area contributed by atoms with Crippen molar-refractivity contribution in [1.82, 2.24) is 0 Å². The number of benzene rings is 2. The molecule has 0 saturated heterocycles. The number of ketones is 1. The average molecular weight is 401 g/mol. The fourth-order valence-corrected chi connectivity index (χ4v) is 2.79. The molecule has 5 nitrogen and oxygen atoms in total. The SMILES string of the molecule is COc1cc(Br)c(/C=C/C(=O)c2cc3ccccc3oc2=O)cc1O. The number of para-hydroxylation sites is 1. The van der Waals surface area contributed by atoms with E-state index in [1.807, 2.05) is 0 Å². The number of methoxy groups -OCH3 is 1. The van der Waals surface area contributed by atoms with Gasteiger partial charge in [0.2, 0.25) is 0 Å². The van der Waals surface area contributed by atoms with Crippen LogP contribution in [0.15, 0.2) is 62.2 Å². The molecule has 0 fully saturated rings. The number of hydrogen-bond donors (Lipinski definition) is 1. The fraction of sp³-hybridized carbons (Fsp3) is 0.0526. The second-order valence-electron chi connectivity index (χ2n) is 5.23. The van der Waals surface area contributed by atoms with Gasteiger partial charge in [0.15, 0.2) is 17.3 Å². The molecule has 0 unspecified atom stereocenters. The lowest BCUT2D eigenvalue weighted by Gasteiger charge is -2.06. The molecule has 1 aromatic heterocycles. The molecule has 0 saturated carbocycles. The summed E-state index contributed by atoms with van der Waals surface area (Å²) in [4.78, 5) is 24.4. The number of hydrogen-bond acceptors (Lipinski definition) is 5. The summed E-state index contributed by atoms with van der Waals surface area (Å²) >= 11 is 3.34. The quantitative estimate of drug-likeness (QED) is 0.404. The number of rotatable bonds is 4. The predicted molar refractivity (Wildman–Crippen MR) is 98.2 cm³/mol. The first kappa shape index (κ1) is 17.0. The number of aromatic hydroxyl groups is 1. The molecule has 1 N–H and O–H groups in total. The van der Waals surface area contributed by atoms with Gasteiger partial charge in [0, 0.05) is 9.86 Å². The van der Waals surface area contributed by atoms with Crippen LogP contribution < -0.4 is 10.4 Å². The van der Waals surface area contributed by atoms with E-state index in [0.717, 1.165) is 0 Å². The maximum Gasteiger partial charge on any atom is 0.347 e. The van der Waals surface area contributed by atoms with Crippen molar-refractivity contribution in [2.45, 2.75) is 0 Å². The molecule has 0 aliphatic carbocycles. The van der Waals surface area contributed by atoms with Gasteiger partial charge in [-0.25, -0.2) is 4.79 Å². The Morgan fingerprint density at radius 2 is 2.00 bits per heavy atom. The summed E-state index contributed by atoms with van der Waals surface area (Å²) in [5.41, 5.74) is 0.251. The van der Waals surface area contributed by atoms with Gasteiger partial charge in [-0.2, -0.15) is 0 Å². The van der Waals surface area contributed by atoms with Crippen LogP contribution in [0.25, 0.3) is 17.0 Å². The summed E-state index contributed by atoms with van der Waals surface area (Å²) in [5.74, 6) is -0.227. The third-order valence-corrected chi connectivity index (χ3v) is 4.31. The Hall–Kier alpha value is -2.86. The van der Waals surface area contributed by atoms with Crippen LogP contribution in [0.1, 0.15) is 15.9 Å². The minimum atomic E-state index is -0.690. The lowest BCUT2D eigenvalue weighted by molar-refractivity contribution is 0.104. The molecular weight excluding hydrogens is 388 g/mol. The van der Waals surface area contributed by atoms with Gasteiger partial charge in [0.25, 0.3) is 0 Å².